The molecule has 0 unspecified atom stereocenters. The molecule has 1 aromatic heterocycles. The highest BCUT2D eigenvalue weighted by molar-refractivity contribution is 6.01. The molecule has 0 bridgehead atoms. The highest BCUT2D eigenvalue weighted by Crippen LogP contribution is 2.31. The van der Waals surface area contributed by atoms with Crippen LogP contribution in [0.2, 0.25) is 0 Å². The van der Waals surface area contributed by atoms with Crippen molar-refractivity contribution >= 4 is 22.8 Å². The van der Waals surface area contributed by atoms with Crippen LogP contribution in [0.25, 0.3) is 11.0 Å². The van der Waals surface area contributed by atoms with Crippen molar-refractivity contribution < 1.29 is 9.59 Å². The molecule has 0 spiro atoms. The first-order valence-corrected chi connectivity index (χ1v) is 12.7. The molecule has 2 aliphatic rings. The molecule has 6 nitrogen and oxygen atoms in total. The zero-order valence-electron chi connectivity index (χ0n) is 20.0. The van der Waals surface area contributed by atoms with Crippen LogP contribution in [0.1, 0.15) is 68.1 Å². The molecule has 178 valence electrons. The van der Waals surface area contributed by atoms with Gasteiger partial charge in [0.25, 0.3) is 5.91 Å². The fourth-order valence-electron chi connectivity index (χ4n) is 5.53. The number of rotatable bonds is 6. The van der Waals surface area contributed by atoms with Crippen LogP contribution >= 0.6 is 0 Å². The SMILES string of the molecule is C[C@]1(C(=O)NC2CCCCCC2)Cn2c(nc3ccccc32)C(=O)N1CCCc1ccccc1. The molecule has 1 atom stereocenters. The van der Waals surface area contributed by atoms with Gasteiger partial charge in [-0.3, -0.25) is 9.59 Å². The molecule has 0 saturated heterocycles. The predicted molar refractivity (Wildman–Crippen MR) is 134 cm³/mol. The van der Waals surface area contributed by atoms with Gasteiger partial charge in [0.1, 0.15) is 5.54 Å². The molecule has 1 N–H and O–H groups in total. The summed E-state index contributed by atoms with van der Waals surface area (Å²) >= 11 is 0. The third kappa shape index (κ3) is 4.33. The average Bonchev–Trinajstić information content (AvgIpc) is 3.02. The monoisotopic (exact) mass is 458 g/mol. The number of aromatic nitrogens is 2. The quantitative estimate of drug-likeness (QED) is 0.544. The third-order valence-electron chi connectivity index (χ3n) is 7.52. The summed E-state index contributed by atoms with van der Waals surface area (Å²) in [7, 11) is 0. The molecule has 3 aromatic rings. The van der Waals surface area contributed by atoms with E-state index in [1.165, 1.54) is 18.4 Å². The molecule has 1 fully saturated rings. The van der Waals surface area contributed by atoms with Gasteiger partial charge < -0.3 is 14.8 Å². The lowest BCUT2D eigenvalue weighted by Gasteiger charge is -2.44. The van der Waals surface area contributed by atoms with Crippen molar-refractivity contribution in [3.8, 4) is 0 Å². The number of benzene rings is 2. The number of amides is 2. The minimum atomic E-state index is -0.962. The molecule has 2 heterocycles. The molecular formula is C28H34N4O2. The van der Waals surface area contributed by atoms with Gasteiger partial charge in [-0.15, -0.1) is 0 Å². The van der Waals surface area contributed by atoms with E-state index in [-0.39, 0.29) is 17.9 Å². The second-order valence-electron chi connectivity index (χ2n) is 9.99. The Hall–Kier alpha value is -3.15. The Morgan fingerprint density at radius 2 is 1.74 bits per heavy atom. The van der Waals surface area contributed by atoms with Crippen molar-refractivity contribution in [2.75, 3.05) is 6.54 Å². The maximum Gasteiger partial charge on any atom is 0.290 e. The lowest BCUT2D eigenvalue weighted by molar-refractivity contribution is -0.133. The van der Waals surface area contributed by atoms with Gasteiger partial charge in [-0.1, -0.05) is 68.1 Å². The van der Waals surface area contributed by atoms with Gasteiger partial charge in [-0.25, -0.2) is 4.98 Å². The minimum absolute atomic E-state index is 0.0455. The summed E-state index contributed by atoms with van der Waals surface area (Å²) in [5.41, 5.74) is 1.98. The van der Waals surface area contributed by atoms with Crippen LogP contribution < -0.4 is 5.32 Å². The Labute approximate surface area is 201 Å². The van der Waals surface area contributed by atoms with Crippen LogP contribution in [-0.2, 0) is 17.8 Å². The summed E-state index contributed by atoms with van der Waals surface area (Å²) in [6, 6.07) is 18.3. The van der Waals surface area contributed by atoms with E-state index in [9.17, 15) is 9.59 Å². The molecule has 0 radical (unpaired) electrons. The largest absolute Gasteiger partial charge is 0.351 e. The highest BCUT2D eigenvalue weighted by Gasteiger charge is 2.48. The number of aryl methyl sites for hydroxylation is 1. The smallest absolute Gasteiger partial charge is 0.290 e. The number of carbonyl (C=O) groups excluding carboxylic acids is 2. The molecule has 34 heavy (non-hydrogen) atoms. The number of hydrogen-bond donors (Lipinski definition) is 1. The zero-order valence-corrected chi connectivity index (χ0v) is 20.0. The molecule has 1 saturated carbocycles. The number of nitrogens with zero attached hydrogens (tertiary/aromatic N) is 3. The first-order valence-electron chi connectivity index (χ1n) is 12.7. The Morgan fingerprint density at radius 3 is 2.50 bits per heavy atom. The molecular weight excluding hydrogens is 424 g/mol. The number of imidazole rings is 1. The van der Waals surface area contributed by atoms with E-state index in [4.69, 9.17) is 0 Å². The number of fused-ring (bicyclic) bond motifs is 3. The van der Waals surface area contributed by atoms with E-state index in [0.29, 0.717) is 18.9 Å². The van der Waals surface area contributed by atoms with E-state index in [2.05, 4.69) is 22.4 Å². The van der Waals surface area contributed by atoms with Gasteiger partial charge in [-0.2, -0.15) is 0 Å². The highest BCUT2D eigenvalue weighted by atomic mass is 16.2. The normalized spacial score (nSPS) is 21.3. The number of nitrogens with one attached hydrogen (secondary N) is 1. The van der Waals surface area contributed by atoms with Crippen molar-refractivity contribution in [2.24, 2.45) is 0 Å². The molecule has 2 aromatic carbocycles. The Kier molecular flexibility index (Phi) is 6.40. The summed E-state index contributed by atoms with van der Waals surface area (Å²) in [6.45, 7) is 2.86. The van der Waals surface area contributed by atoms with E-state index >= 15 is 0 Å². The van der Waals surface area contributed by atoms with Gasteiger partial charge in [0, 0.05) is 12.6 Å². The van der Waals surface area contributed by atoms with E-state index in [0.717, 1.165) is 49.6 Å². The lowest BCUT2D eigenvalue weighted by Crippen LogP contribution is -2.65. The summed E-state index contributed by atoms with van der Waals surface area (Å²) in [6.07, 6.45) is 8.46. The van der Waals surface area contributed by atoms with Crippen molar-refractivity contribution in [3.63, 3.8) is 0 Å². The number of para-hydroxylation sites is 2. The fourth-order valence-corrected chi connectivity index (χ4v) is 5.53. The van der Waals surface area contributed by atoms with Gasteiger partial charge >= 0.3 is 0 Å². The third-order valence-corrected chi connectivity index (χ3v) is 7.52. The van der Waals surface area contributed by atoms with Gasteiger partial charge in [0.15, 0.2) is 5.82 Å². The Morgan fingerprint density at radius 1 is 1.03 bits per heavy atom. The summed E-state index contributed by atoms with van der Waals surface area (Å²) in [4.78, 5) is 34.0. The first kappa shape index (κ1) is 22.6. The summed E-state index contributed by atoms with van der Waals surface area (Å²) in [5.74, 6) is 0.227. The van der Waals surface area contributed by atoms with E-state index < -0.39 is 5.54 Å². The molecule has 1 aliphatic heterocycles. The molecule has 1 aliphatic carbocycles. The van der Waals surface area contributed by atoms with Crippen molar-refractivity contribution in [1.82, 2.24) is 19.8 Å². The summed E-state index contributed by atoms with van der Waals surface area (Å²) < 4.78 is 1.94. The molecule has 5 rings (SSSR count). The van der Waals surface area contributed by atoms with Crippen molar-refractivity contribution in [1.29, 1.82) is 0 Å². The zero-order chi connectivity index (χ0) is 23.5. The Bertz CT molecular complexity index is 1160. The van der Waals surface area contributed by atoms with Crippen molar-refractivity contribution in [2.45, 2.75) is 76.4 Å². The first-order chi connectivity index (χ1) is 16.6. The second kappa shape index (κ2) is 9.61. The van der Waals surface area contributed by atoms with E-state index in [1.807, 2.05) is 54.0 Å². The Balaban J connectivity index is 1.43. The standard InChI is InChI=1S/C28H34N4O2/c1-28(27(34)29-22-15-7-2-3-8-16-22)20-31-24-18-10-9-17-23(24)30-25(31)26(33)32(28)19-11-14-21-12-5-4-6-13-21/h4-6,9-10,12-13,17-18,22H,2-3,7-8,11,14-16,19-20H2,1H3,(H,29,34)/t28-/m1/s1. The van der Waals surface area contributed by atoms with Crippen LogP contribution in [0, 0.1) is 0 Å². The van der Waals surface area contributed by atoms with Crippen LogP contribution in [0.3, 0.4) is 0 Å². The maximum absolute atomic E-state index is 13.8. The minimum Gasteiger partial charge on any atom is -0.351 e. The van der Waals surface area contributed by atoms with Crippen LogP contribution in [-0.4, -0.2) is 44.4 Å². The topological polar surface area (TPSA) is 67.2 Å². The van der Waals surface area contributed by atoms with Gasteiger partial charge in [0.05, 0.1) is 17.6 Å². The second-order valence-corrected chi connectivity index (χ2v) is 9.99. The van der Waals surface area contributed by atoms with Crippen molar-refractivity contribution in [3.05, 3.63) is 66.0 Å². The molecule has 2 amide bonds. The number of hydrogen-bond acceptors (Lipinski definition) is 3. The average molecular weight is 459 g/mol. The molecule has 6 heteroatoms. The fraction of sp³-hybridized carbons (Fsp3) is 0.464. The maximum atomic E-state index is 13.8. The number of carbonyl (C=O) groups is 2. The van der Waals surface area contributed by atoms with Crippen LogP contribution in [0.4, 0.5) is 0 Å². The summed E-state index contributed by atoms with van der Waals surface area (Å²) in [5, 5.41) is 3.33. The van der Waals surface area contributed by atoms with E-state index in [1.54, 1.807) is 4.90 Å². The van der Waals surface area contributed by atoms with Gasteiger partial charge in [0.2, 0.25) is 5.91 Å². The lowest BCUT2D eigenvalue weighted by atomic mass is 9.93. The van der Waals surface area contributed by atoms with Crippen LogP contribution in [0.15, 0.2) is 54.6 Å². The van der Waals surface area contributed by atoms with Gasteiger partial charge in [-0.05, 0) is 50.3 Å². The predicted octanol–water partition coefficient (Wildman–Crippen LogP) is 4.72. The van der Waals surface area contributed by atoms with Crippen LogP contribution in [0.5, 0.6) is 0 Å².